The highest BCUT2D eigenvalue weighted by molar-refractivity contribution is 6.74. The number of aliphatic hydroxyl groups excluding tert-OH is 1. The summed E-state index contributed by atoms with van der Waals surface area (Å²) >= 11 is 0. The molecule has 0 saturated carbocycles. The van der Waals surface area contributed by atoms with Crippen LogP contribution in [0.5, 0.6) is 11.6 Å². The van der Waals surface area contributed by atoms with E-state index in [4.69, 9.17) is 18.4 Å². The Morgan fingerprint density at radius 1 is 0.981 bits per heavy atom. The highest BCUT2D eigenvalue weighted by Gasteiger charge is 2.68. The second-order valence-electron chi connectivity index (χ2n) is 16.0. The fourth-order valence-electron chi connectivity index (χ4n) is 7.99. The number of hydrogen-bond donors (Lipinski definition) is 1. The summed E-state index contributed by atoms with van der Waals surface area (Å²) in [5, 5.41) is 16.9. The molecular weight excluding hydrogens is 687 g/mol. The van der Waals surface area contributed by atoms with E-state index in [1.54, 1.807) is 12.3 Å². The maximum absolute atomic E-state index is 15.5. The Hall–Kier alpha value is -4.84. The maximum atomic E-state index is 15.5. The average Bonchev–Trinajstić information content (AvgIpc) is 3.54. The van der Waals surface area contributed by atoms with Crippen LogP contribution < -0.4 is 9.47 Å². The normalized spacial score (nSPS) is 23.9. The predicted molar refractivity (Wildman–Crippen MR) is 203 cm³/mol. The molecule has 0 spiro atoms. The Labute approximate surface area is 311 Å². The molecule has 0 bridgehead atoms. The molecule has 5 atom stereocenters. The average molecular weight is 734 g/mol. The molecule has 4 aromatic rings. The molecule has 2 aromatic heterocycles. The van der Waals surface area contributed by atoms with Crippen molar-refractivity contribution in [1.82, 2.24) is 15.0 Å². The molecule has 1 N–H and O–H groups in total. The molecule has 53 heavy (non-hydrogen) atoms. The summed E-state index contributed by atoms with van der Waals surface area (Å²) in [6.07, 6.45) is 5.30. The van der Waals surface area contributed by atoms with E-state index in [1.165, 1.54) is 6.20 Å². The van der Waals surface area contributed by atoms with Crippen molar-refractivity contribution < 1.29 is 33.1 Å². The van der Waals surface area contributed by atoms with Gasteiger partial charge in [-0.2, -0.15) is 0 Å². The van der Waals surface area contributed by atoms with Crippen LogP contribution in [0.1, 0.15) is 82.3 Å². The van der Waals surface area contributed by atoms with Gasteiger partial charge in [0.1, 0.15) is 30.3 Å². The number of aromatic nitrogens is 2. The third-order valence-corrected chi connectivity index (χ3v) is 16.0. The van der Waals surface area contributed by atoms with Gasteiger partial charge in [0, 0.05) is 29.5 Å². The minimum absolute atomic E-state index is 0.0178. The van der Waals surface area contributed by atoms with Crippen LogP contribution >= 0.6 is 0 Å². The molecule has 0 aliphatic heterocycles. The van der Waals surface area contributed by atoms with Crippen LogP contribution in [-0.4, -0.2) is 59.7 Å². The predicted octanol–water partition coefficient (Wildman–Crippen LogP) is 8.40. The van der Waals surface area contributed by atoms with Crippen LogP contribution in [0.3, 0.4) is 0 Å². The summed E-state index contributed by atoms with van der Waals surface area (Å²) in [7, 11) is 0.925. The lowest BCUT2D eigenvalue weighted by molar-refractivity contribution is -0.0489. The number of carbonyl (C=O) groups is 2. The highest BCUT2D eigenvalue weighted by Crippen LogP contribution is 2.61. The van der Waals surface area contributed by atoms with Crippen molar-refractivity contribution >= 4 is 19.9 Å². The van der Waals surface area contributed by atoms with Crippen LogP contribution in [0.4, 0.5) is 0 Å². The first-order chi connectivity index (χ1) is 25.2. The monoisotopic (exact) mass is 733 g/mol. The minimum Gasteiger partial charge on any atom is -0.508 e. The summed E-state index contributed by atoms with van der Waals surface area (Å²) in [6.45, 7) is 14.9. The number of fused-ring (bicyclic) bond motifs is 4. The number of ketones is 2. The topological polar surface area (TPSA) is 124 Å². The lowest BCUT2D eigenvalue weighted by Gasteiger charge is -2.55. The van der Waals surface area contributed by atoms with Crippen molar-refractivity contribution in [3.8, 4) is 11.6 Å². The Kier molecular flexibility index (Phi) is 9.32. The standard InChI is InChI=1S/C42H47N3O7Si/c1-9-27-28-20-30-35(45(5)6)37-34(40(44-51-37)50-24-26-18-14-11-15-19-26)39(48)42(30,52-53(7,8)41(2,3)4)38(47)33(28)36(46)32-29(27)21-43-22-31(32)49-23-25-16-12-10-13-17-25/h9-19,21-22,27-28,30,35,47H,1,20,23-24H2,2-8H3/t27-,28-,30+,35+,42+/m1/s1. The van der Waals surface area contributed by atoms with Gasteiger partial charge in [0.2, 0.25) is 5.78 Å². The summed E-state index contributed by atoms with van der Waals surface area (Å²) in [5.74, 6) is -2.30. The maximum Gasteiger partial charge on any atom is 0.265 e. The number of ether oxygens (including phenoxy) is 2. The van der Waals surface area contributed by atoms with E-state index in [0.717, 1.165) is 11.1 Å². The number of rotatable bonds is 10. The number of hydrogen-bond acceptors (Lipinski definition) is 10. The van der Waals surface area contributed by atoms with E-state index in [1.807, 2.05) is 92.8 Å². The first kappa shape index (κ1) is 36.5. The molecule has 0 radical (unpaired) electrons. The molecule has 2 heterocycles. The number of pyridine rings is 1. The van der Waals surface area contributed by atoms with Gasteiger partial charge < -0.3 is 23.5 Å². The van der Waals surface area contributed by atoms with Crippen molar-refractivity contribution in [2.75, 3.05) is 14.1 Å². The Morgan fingerprint density at radius 2 is 1.60 bits per heavy atom. The van der Waals surface area contributed by atoms with Crippen LogP contribution in [-0.2, 0) is 17.6 Å². The Bertz CT molecular complexity index is 2090. The van der Waals surface area contributed by atoms with Gasteiger partial charge in [0.05, 0.1) is 17.8 Å². The van der Waals surface area contributed by atoms with E-state index in [0.29, 0.717) is 29.1 Å². The van der Waals surface area contributed by atoms with Gasteiger partial charge in [-0.1, -0.05) is 87.5 Å². The number of Topliss-reactive ketones (excluding diaryl/α,β-unsaturated/α-hetero) is 2. The van der Waals surface area contributed by atoms with Gasteiger partial charge in [0.15, 0.2) is 25.5 Å². The first-order valence-electron chi connectivity index (χ1n) is 18.0. The van der Waals surface area contributed by atoms with Crippen LogP contribution in [0.25, 0.3) is 0 Å². The molecule has 276 valence electrons. The Balaban J connectivity index is 1.42. The van der Waals surface area contributed by atoms with Gasteiger partial charge in [-0.05, 0) is 60.5 Å². The molecule has 11 heteroatoms. The van der Waals surface area contributed by atoms with Gasteiger partial charge in [0.25, 0.3) is 5.88 Å². The highest BCUT2D eigenvalue weighted by atomic mass is 28.4. The molecular formula is C42H47N3O7Si. The van der Waals surface area contributed by atoms with Crippen molar-refractivity contribution in [2.24, 2.45) is 11.8 Å². The molecule has 3 aliphatic carbocycles. The van der Waals surface area contributed by atoms with Crippen LogP contribution in [0.15, 0.2) is 102 Å². The molecule has 0 saturated heterocycles. The van der Waals surface area contributed by atoms with Gasteiger partial charge in [-0.15, -0.1) is 6.58 Å². The zero-order chi connectivity index (χ0) is 37.9. The number of nitrogens with zero attached hydrogens (tertiary/aromatic N) is 3. The first-order valence-corrected chi connectivity index (χ1v) is 20.9. The summed E-state index contributed by atoms with van der Waals surface area (Å²) in [4.78, 5) is 36.9. The summed E-state index contributed by atoms with van der Waals surface area (Å²) in [5.41, 5.74) is 1.07. The molecule has 2 aromatic carbocycles. The molecule has 7 rings (SSSR count). The number of carbonyl (C=O) groups excluding carboxylic acids is 2. The third-order valence-electron chi connectivity index (χ3n) is 11.6. The Morgan fingerprint density at radius 3 is 2.19 bits per heavy atom. The summed E-state index contributed by atoms with van der Waals surface area (Å²) < 4.78 is 25.7. The largest absolute Gasteiger partial charge is 0.508 e. The van der Waals surface area contributed by atoms with E-state index >= 15 is 4.79 Å². The molecule has 3 aliphatic rings. The summed E-state index contributed by atoms with van der Waals surface area (Å²) in [6, 6.07) is 18.6. The zero-order valence-electron chi connectivity index (χ0n) is 31.4. The smallest absolute Gasteiger partial charge is 0.265 e. The second kappa shape index (κ2) is 13.5. The van der Waals surface area contributed by atoms with E-state index in [-0.39, 0.29) is 41.0 Å². The molecule has 0 unspecified atom stereocenters. The zero-order valence-corrected chi connectivity index (χ0v) is 32.4. The van der Waals surface area contributed by atoms with Crippen molar-refractivity contribution in [2.45, 2.75) is 76.1 Å². The van der Waals surface area contributed by atoms with Gasteiger partial charge in [-0.3, -0.25) is 19.5 Å². The van der Waals surface area contributed by atoms with Gasteiger partial charge in [-0.25, -0.2) is 0 Å². The second-order valence-corrected chi connectivity index (χ2v) is 20.7. The fraction of sp³-hybridized carbons (Fsp3) is 0.381. The van der Waals surface area contributed by atoms with E-state index in [9.17, 15) is 9.90 Å². The van der Waals surface area contributed by atoms with E-state index < -0.39 is 49.3 Å². The quantitative estimate of drug-likeness (QED) is 0.126. The number of benzene rings is 2. The number of allylic oxidation sites excluding steroid dienone is 2. The lowest BCUT2D eigenvalue weighted by atomic mass is 9.56. The number of aliphatic hydroxyl groups is 1. The van der Waals surface area contributed by atoms with Crippen molar-refractivity contribution in [3.05, 3.63) is 131 Å². The fourth-order valence-corrected chi connectivity index (χ4v) is 9.44. The molecule has 10 nitrogen and oxygen atoms in total. The molecule has 0 amide bonds. The van der Waals surface area contributed by atoms with E-state index in [2.05, 4.69) is 37.5 Å². The van der Waals surface area contributed by atoms with Crippen molar-refractivity contribution in [1.29, 1.82) is 0 Å². The van der Waals surface area contributed by atoms with Crippen LogP contribution in [0, 0.1) is 11.8 Å². The third kappa shape index (κ3) is 5.95. The van der Waals surface area contributed by atoms with Crippen molar-refractivity contribution in [3.63, 3.8) is 0 Å². The lowest BCUT2D eigenvalue weighted by Crippen LogP contribution is -2.65. The minimum atomic E-state index is -2.88. The van der Waals surface area contributed by atoms with Gasteiger partial charge >= 0.3 is 0 Å². The van der Waals surface area contributed by atoms with Crippen LogP contribution in [0.2, 0.25) is 18.1 Å². The molecule has 0 fully saturated rings. The SMILES string of the molecule is C=C[C@H]1c2cncc(OCc3ccccc3)c2C(=O)C2=C(O)[C@]3(O[Si](C)(C)C(C)(C)C)C(=O)c4c(OCc5ccccc5)noc4[C@@H](N(C)C)[C@@H]3C[C@@H]21.